The van der Waals surface area contributed by atoms with Gasteiger partial charge in [-0.25, -0.2) is 4.79 Å². The molecular formula is C14H13NO2S. The molecule has 18 heavy (non-hydrogen) atoms. The molecule has 0 aliphatic heterocycles. The molecule has 0 N–H and O–H groups in total. The summed E-state index contributed by atoms with van der Waals surface area (Å²) in [4.78, 5) is 15.6. The third-order valence-electron chi connectivity index (χ3n) is 2.37. The summed E-state index contributed by atoms with van der Waals surface area (Å²) in [7, 11) is 0. The summed E-state index contributed by atoms with van der Waals surface area (Å²) in [6, 6.07) is 5.74. The quantitative estimate of drug-likeness (QED) is 0.625. The maximum absolute atomic E-state index is 11.6. The number of rotatable bonds is 4. The molecule has 2 rings (SSSR count). The maximum Gasteiger partial charge on any atom is 0.331 e. The van der Waals surface area contributed by atoms with Crippen LogP contribution in [-0.4, -0.2) is 17.6 Å². The summed E-state index contributed by atoms with van der Waals surface area (Å²) in [6.45, 7) is 2.17. The average Bonchev–Trinajstić information content (AvgIpc) is 2.91. The van der Waals surface area contributed by atoms with Crippen LogP contribution in [0.25, 0.3) is 5.57 Å². The van der Waals surface area contributed by atoms with Crippen molar-refractivity contribution in [2.75, 3.05) is 6.61 Å². The Labute approximate surface area is 110 Å². The van der Waals surface area contributed by atoms with Crippen LogP contribution in [0, 0.1) is 0 Å². The SMILES string of the molecule is CCOC(=O)/C=C(/c1ccncc1)c1ccsc1. The minimum atomic E-state index is -0.324. The fraction of sp³-hybridized carbons (Fsp3) is 0.143. The van der Waals surface area contributed by atoms with Gasteiger partial charge in [-0.15, -0.1) is 0 Å². The maximum atomic E-state index is 11.6. The summed E-state index contributed by atoms with van der Waals surface area (Å²) < 4.78 is 4.96. The lowest BCUT2D eigenvalue weighted by Crippen LogP contribution is -2.01. The van der Waals surface area contributed by atoms with Crippen molar-refractivity contribution in [2.24, 2.45) is 0 Å². The zero-order valence-electron chi connectivity index (χ0n) is 10.00. The van der Waals surface area contributed by atoms with Gasteiger partial charge in [-0.3, -0.25) is 4.98 Å². The van der Waals surface area contributed by atoms with E-state index in [1.54, 1.807) is 30.7 Å². The van der Waals surface area contributed by atoms with Gasteiger partial charge in [0.1, 0.15) is 0 Å². The minimum Gasteiger partial charge on any atom is -0.463 e. The van der Waals surface area contributed by atoms with E-state index in [2.05, 4.69) is 4.98 Å². The molecule has 4 heteroatoms. The zero-order chi connectivity index (χ0) is 12.8. The first-order chi connectivity index (χ1) is 8.81. The van der Waals surface area contributed by atoms with Gasteiger partial charge in [-0.1, -0.05) is 0 Å². The number of hydrogen-bond donors (Lipinski definition) is 0. The van der Waals surface area contributed by atoms with Gasteiger partial charge >= 0.3 is 5.97 Å². The Bertz CT molecular complexity index is 532. The first-order valence-electron chi connectivity index (χ1n) is 5.62. The number of thiophene rings is 1. The van der Waals surface area contributed by atoms with E-state index in [0.717, 1.165) is 16.7 Å². The first-order valence-corrected chi connectivity index (χ1v) is 6.57. The van der Waals surface area contributed by atoms with Crippen molar-refractivity contribution in [3.8, 4) is 0 Å². The Morgan fingerprint density at radius 2 is 2.11 bits per heavy atom. The smallest absolute Gasteiger partial charge is 0.331 e. The molecule has 2 aromatic heterocycles. The molecule has 0 aliphatic rings. The highest BCUT2D eigenvalue weighted by molar-refractivity contribution is 7.08. The van der Waals surface area contributed by atoms with Crippen LogP contribution in [0.4, 0.5) is 0 Å². The predicted octanol–water partition coefficient (Wildman–Crippen LogP) is 3.14. The summed E-state index contributed by atoms with van der Waals surface area (Å²) >= 11 is 1.59. The number of pyridine rings is 1. The molecule has 92 valence electrons. The number of aromatic nitrogens is 1. The van der Waals surface area contributed by atoms with Crippen LogP contribution in [0.5, 0.6) is 0 Å². The van der Waals surface area contributed by atoms with Crippen molar-refractivity contribution in [3.05, 3.63) is 58.6 Å². The number of carbonyl (C=O) groups excluding carboxylic acids is 1. The largest absolute Gasteiger partial charge is 0.463 e. The van der Waals surface area contributed by atoms with Crippen molar-refractivity contribution in [2.45, 2.75) is 6.92 Å². The molecule has 0 spiro atoms. The molecule has 0 radical (unpaired) electrons. The van der Waals surface area contributed by atoms with Crippen molar-refractivity contribution in [1.29, 1.82) is 0 Å². The van der Waals surface area contributed by atoms with Gasteiger partial charge in [-0.2, -0.15) is 11.3 Å². The van der Waals surface area contributed by atoms with Gasteiger partial charge < -0.3 is 4.74 Å². The zero-order valence-corrected chi connectivity index (χ0v) is 10.8. The van der Waals surface area contributed by atoms with Crippen LogP contribution >= 0.6 is 11.3 Å². The molecular weight excluding hydrogens is 246 g/mol. The fourth-order valence-corrected chi connectivity index (χ4v) is 2.24. The van der Waals surface area contributed by atoms with E-state index < -0.39 is 0 Å². The van der Waals surface area contributed by atoms with Crippen molar-refractivity contribution in [1.82, 2.24) is 4.98 Å². The highest BCUT2D eigenvalue weighted by Gasteiger charge is 2.08. The topological polar surface area (TPSA) is 39.2 Å². The van der Waals surface area contributed by atoms with Crippen LogP contribution in [-0.2, 0) is 9.53 Å². The normalized spacial score (nSPS) is 11.3. The Morgan fingerprint density at radius 3 is 2.72 bits per heavy atom. The van der Waals surface area contributed by atoms with Gasteiger partial charge in [0.25, 0.3) is 0 Å². The summed E-state index contributed by atoms with van der Waals surface area (Å²) in [6.07, 6.45) is 4.95. The highest BCUT2D eigenvalue weighted by atomic mass is 32.1. The lowest BCUT2D eigenvalue weighted by Gasteiger charge is -2.05. The number of carbonyl (C=O) groups is 1. The van der Waals surface area contributed by atoms with Gasteiger partial charge in [0, 0.05) is 18.5 Å². The van der Waals surface area contributed by atoms with E-state index in [-0.39, 0.29) is 5.97 Å². The van der Waals surface area contributed by atoms with Gasteiger partial charge in [-0.05, 0) is 52.6 Å². The van der Waals surface area contributed by atoms with E-state index in [1.165, 1.54) is 6.08 Å². The van der Waals surface area contributed by atoms with Crippen molar-refractivity contribution >= 4 is 22.9 Å². The molecule has 3 nitrogen and oxygen atoms in total. The van der Waals surface area contributed by atoms with E-state index in [0.29, 0.717) is 6.61 Å². The van der Waals surface area contributed by atoms with E-state index in [4.69, 9.17) is 4.74 Å². The third kappa shape index (κ3) is 3.05. The number of ether oxygens (including phenoxy) is 1. The lowest BCUT2D eigenvalue weighted by molar-refractivity contribution is -0.137. The molecule has 0 saturated heterocycles. The van der Waals surface area contributed by atoms with Gasteiger partial charge in [0.2, 0.25) is 0 Å². The second-order valence-corrected chi connectivity index (χ2v) is 4.34. The van der Waals surface area contributed by atoms with Crippen LogP contribution in [0.2, 0.25) is 0 Å². The molecule has 0 aromatic carbocycles. The molecule has 0 bridgehead atoms. The number of nitrogens with zero attached hydrogens (tertiary/aromatic N) is 1. The van der Waals surface area contributed by atoms with E-state index in [1.807, 2.05) is 29.0 Å². The second kappa shape index (κ2) is 6.12. The molecule has 0 atom stereocenters. The van der Waals surface area contributed by atoms with Crippen molar-refractivity contribution in [3.63, 3.8) is 0 Å². The third-order valence-corrected chi connectivity index (χ3v) is 3.06. The lowest BCUT2D eigenvalue weighted by atomic mass is 10.0. The Kier molecular flexibility index (Phi) is 4.25. The van der Waals surface area contributed by atoms with Crippen LogP contribution < -0.4 is 0 Å². The van der Waals surface area contributed by atoms with E-state index >= 15 is 0 Å². The molecule has 0 aliphatic carbocycles. The predicted molar refractivity (Wildman–Crippen MR) is 72.3 cm³/mol. The molecule has 0 amide bonds. The standard InChI is InChI=1S/C14H13NO2S/c1-2-17-14(16)9-13(12-5-8-18-10-12)11-3-6-15-7-4-11/h3-10H,2H2,1H3/b13-9-. The molecule has 2 aromatic rings. The number of esters is 1. The monoisotopic (exact) mass is 259 g/mol. The minimum absolute atomic E-state index is 0.324. The highest BCUT2D eigenvalue weighted by Crippen LogP contribution is 2.24. The Morgan fingerprint density at radius 1 is 1.33 bits per heavy atom. The molecule has 0 unspecified atom stereocenters. The summed E-state index contributed by atoms with van der Waals surface area (Å²) in [5, 5.41) is 3.99. The molecule has 0 fully saturated rings. The molecule has 0 saturated carbocycles. The van der Waals surface area contributed by atoms with Gasteiger partial charge in [0.15, 0.2) is 0 Å². The number of hydrogen-bond acceptors (Lipinski definition) is 4. The second-order valence-electron chi connectivity index (χ2n) is 3.56. The van der Waals surface area contributed by atoms with Crippen molar-refractivity contribution < 1.29 is 9.53 Å². The summed E-state index contributed by atoms with van der Waals surface area (Å²) in [5.74, 6) is -0.324. The van der Waals surface area contributed by atoms with E-state index in [9.17, 15) is 4.79 Å². The first kappa shape index (κ1) is 12.5. The van der Waals surface area contributed by atoms with Crippen LogP contribution in [0.15, 0.2) is 47.4 Å². The van der Waals surface area contributed by atoms with Crippen LogP contribution in [0.1, 0.15) is 18.1 Å². The summed E-state index contributed by atoms with van der Waals surface area (Å²) in [5.41, 5.74) is 2.83. The Balaban J connectivity index is 2.39. The molecule has 2 heterocycles. The van der Waals surface area contributed by atoms with Gasteiger partial charge in [0.05, 0.1) is 6.61 Å². The fourth-order valence-electron chi connectivity index (χ4n) is 1.58. The Hall–Kier alpha value is -1.94. The van der Waals surface area contributed by atoms with Crippen LogP contribution in [0.3, 0.4) is 0 Å². The average molecular weight is 259 g/mol.